The molecule has 1 unspecified atom stereocenters. The van der Waals surface area contributed by atoms with Crippen LogP contribution in [-0.2, 0) is 18.9 Å². The zero-order valence-electron chi connectivity index (χ0n) is 11.7. The maximum Gasteiger partial charge on any atom is 0.310 e. The molecule has 4 nitrogen and oxygen atoms in total. The van der Waals surface area contributed by atoms with Crippen molar-refractivity contribution in [2.75, 3.05) is 33.7 Å². The van der Waals surface area contributed by atoms with Crippen LogP contribution in [0.4, 0.5) is 8.78 Å². The maximum atomic E-state index is 12.8. The van der Waals surface area contributed by atoms with Crippen molar-refractivity contribution < 1.29 is 27.7 Å². The minimum atomic E-state index is -1.90. The molecule has 0 aliphatic carbocycles. The lowest BCUT2D eigenvalue weighted by Crippen LogP contribution is -2.20. The first-order valence-corrected chi connectivity index (χ1v) is 6.03. The van der Waals surface area contributed by atoms with Crippen molar-refractivity contribution in [3.05, 3.63) is 24.0 Å². The van der Waals surface area contributed by atoms with Gasteiger partial charge in [-0.25, -0.2) is 0 Å². The largest absolute Gasteiger partial charge is 0.463 e. The third-order valence-electron chi connectivity index (χ3n) is 2.11. The number of halogens is 2. The van der Waals surface area contributed by atoms with Crippen molar-refractivity contribution in [2.24, 2.45) is 0 Å². The highest BCUT2D eigenvalue weighted by molar-refractivity contribution is 5.01. The maximum absolute atomic E-state index is 12.8. The van der Waals surface area contributed by atoms with Crippen molar-refractivity contribution in [2.45, 2.75) is 26.4 Å². The summed E-state index contributed by atoms with van der Waals surface area (Å²) in [5, 5.41) is 0. The Labute approximate surface area is 113 Å². The quantitative estimate of drug-likeness (QED) is 0.252. The second-order valence-corrected chi connectivity index (χ2v) is 3.95. The topological polar surface area (TPSA) is 36.9 Å². The van der Waals surface area contributed by atoms with E-state index in [2.05, 4.69) is 6.58 Å². The van der Waals surface area contributed by atoms with E-state index in [1.165, 1.54) is 7.11 Å². The van der Waals surface area contributed by atoms with Crippen molar-refractivity contribution in [3.63, 3.8) is 0 Å². The summed E-state index contributed by atoms with van der Waals surface area (Å²) in [7, 11) is 1.52. The summed E-state index contributed by atoms with van der Waals surface area (Å²) in [4.78, 5) is 0. The van der Waals surface area contributed by atoms with Gasteiger partial charge in [0.25, 0.3) is 0 Å². The molecule has 0 rings (SSSR count). The van der Waals surface area contributed by atoms with Gasteiger partial charge in [0.05, 0.1) is 19.8 Å². The molecule has 19 heavy (non-hydrogen) atoms. The van der Waals surface area contributed by atoms with Crippen LogP contribution in [0.5, 0.6) is 0 Å². The van der Waals surface area contributed by atoms with Gasteiger partial charge in [0.15, 0.2) is 12.6 Å². The molecule has 0 heterocycles. The molecule has 0 aromatic heterocycles. The number of hydrogen-bond donors (Lipinski definition) is 0. The van der Waals surface area contributed by atoms with Gasteiger partial charge in [-0.3, -0.25) is 0 Å². The molecule has 0 N–H and O–H groups in total. The normalized spacial score (nSPS) is 12.1. The van der Waals surface area contributed by atoms with Crippen molar-refractivity contribution in [1.29, 1.82) is 0 Å². The third-order valence-corrected chi connectivity index (χ3v) is 2.11. The van der Waals surface area contributed by atoms with Gasteiger partial charge < -0.3 is 18.9 Å². The van der Waals surface area contributed by atoms with Crippen LogP contribution < -0.4 is 0 Å². The fourth-order valence-electron chi connectivity index (χ4n) is 1.20. The van der Waals surface area contributed by atoms with Crippen LogP contribution in [0.25, 0.3) is 0 Å². The Hall–Kier alpha value is -0.980. The lowest BCUT2D eigenvalue weighted by molar-refractivity contribution is -0.0673. The Morgan fingerprint density at radius 1 is 1.26 bits per heavy atom. The first-order chi connectivity index (χ1) is 9.02. The molecule has 0 aliphatic rings. The van der Waals surface area contributed by atoms with E-state index in [1.54, 1.807) is 13.8 Å². The summed E-state index contributed by atoms with van der Waals surface area (Å²) in [6.07, 6.45) is -2.32. The Kier molecular flexibility index (Phi) is 10.3. The molecule has 0 aromatic rings. The summed E-state index contributed by atoms with van der Waals surface area (Å²) < 4.78 is 45.6. The molecule has 0 saturated carbocycles. The van der Waals surface area contributed by atoms with Gasteiger partial charge in [0.2, 0.25) is 0 Å². The first kappa shape index (κ1) is 18.0. The van der Waals surface area contributed by atoms with E-state index >= 15 is 0 Å². The van der Waals surface area contributed by atoms with Crippen LogP contribution in [0.15, 0.2) is 24.0 Å². The van der Waals surface area contributed by atoms with Gasteiger partial charge in [-0.05, 0) is 13.3 Å². The van der Waals surface area contributed by atoms with Crippen LogP contribution in [0.3, 0.4) is 0 Å². The molecule has 1 atom stereocenters. The average molecular weight is 280 g/mol. The van der Waals surface area contributed by atoms with Crippen LogP contribution in [0.1, 0.15) is 20.3 Å². The number of methoxy groups -OCH3 is 1. The molecule has 0 fully saturated rings. The molecular formula is C13H22F2O4. The number of hydrogen-bond acceptors (Lipinski definition) is 4. The van der Waals surface area contributed by atoms with E-state index in [9.17, 15) is 8.78 Å². The summed E-state index contributed by atoms with van der Waals surface area (Å²) in [6, 6.07) is 0. The summed E-state index contributed by atoms with van der Waals surface area (Å²) in [5.74, 6) is -0.485. The van der Waals surface area contributed by atoms with Crippen LogP contribution in [0.2, 0.25) is 0 Å². The average Bonchev–Trinajstić information content (AvgIpc) is 2.35. The second kappa shape index (κ2) is 10.9. The van der Waals surface area contributed by atoms with Gasteiger partial charge in [0.1, 0.15) is 6.10 Å². The second-order valence-electron chi connectivity index (χ2n) is 3.95. The Morgan fingerprint density at radius 3 is 2.42 bits per heavy atom. The van der Waals surface area contributed by atoms with Gasteiger partial charge >= 0.3 is 6.08 Å². The summed E-state index contributed by atoms with van der Waals surface area (Å²) in [5.41, 5.74) is 0.758. The lowest BCUT2D eigenvalue weighted by atomic mass is 10.2. The zero-order valence-corrected chi connectivity index (χ0v) is 11.7. The third kappa shape index (κ3) is 8.69. The van der Waals surface area contributed by atoms with E-state index in [0.29, 0.717) is 13.0 Å². The highest BCUT2D eigenvalue weighted by atomic mass is 19.3. The Balaban J connectivity index is 4.28. The van der Waals surface area contributed by atoms with E-state index in [1.807, 2.05) is 0 Å². The summed E-state index contributed by atoms with van der Waals surface area (Å²) >= 11 is 0. The van der Waals surface area contributed by atoms with Crippen molar-refractivity contribution >= 4 is 0 Å². The van der Waals surface area contributed by atoms with E-state index < -0.39 is 17.9 Å². The lowest BCUT2D eigenvalue weighted by Gasteiger charge is -2.19. The molecule has 0 spiro atoms. The molecule has 112 valence electrons. The molecule has 0 radical (unpaired) electrons. The van der Waals surface area contributed by atoms with Gasteiger partial charge in [-0.15, -0.1) is 0 Å². The molecular weight excluding hydrogens is 258 g/mol. The first-order valence-electron chi connectivity index (χ1n) is 6.03. The number of rotatable bonds is 11. The Bertz CT molecular complexity index is 288. The van der Waals surface area contributed by atoms with Crippen molar-refractivity contribution in [1.82, 2.24) is 0 Å². The minimum Gasteiger partial charge on any atom is -0.463 e. The van der Waals surface area contributed by atoms with E-state index in [-0.39, 0.29) is 20.0 Å². The number of ether oxygens (including phenoxy) is 4. The zero-order chi connectivity index (χ0) is 14.7. The highest BCUT2D eigenvalue weighted by Crippen LogP contribution is 2.19. The highest BCUT2D eigenvalue weighted by Gasteiger charge is 2.20. The molecule has 0 aliphatic heterocycles. The minimum absolute atomic E-state index is 0.211. The molecule has 0 amide bonds. The smallest absolute Gasteiger partial charge is 0.310 e. The van der Waals surface area contributed by atoms with Gasteiger partial charge in [-0.2, -0.15) is 8.78 Å². The van der Waals surface area contributed by atoms with E-state index in [4.69, 9.17) is 18.9 Å². The fraction of sp³-hybridized carbons (Fsp3) is 0.692. The Morgan fingerprint density at radius 2 is 1.95 bits per heavy atom. The molecule has 6 heteroatoms. The molecule has 0 saturated heterocycles. The van der Waals surface area contributed by atoms with Crippen LogP contribution >= 0.6 is 0 Å². The predicted octanol–water partition coefficient (Wildman–Crippen LogP) is 3.10. The monoisotopic (exact) mass is 280 g/mol. The molecule has 0 aromatic carbocycles. The standard InChI is InChI=1S/C13H22F2O4/c1-5-11(18-8-10(2)3)12(13(14)15)19-9-17-7-6-16-4/h11H,2,5-9H2,1,3-4H3. The van der Waals surface area contributed by atoms with Gasteiger partial charge in [-0.1, -0.05) is 19.1 Å². The van der Waals surface area contributed by atoms with Crippen molar-refractivity contribution in [3.8, 4) is 0 Å². The molecule has 0 bridgehead atoms. The summed E-state index contributed by atoms with van der Waals surface area (Å²) in [6.45, 7) is 7.76. The van der Waals surface area contributed by atoms with Crippen LogP contribution in [-0.4, -0.2) is 39.8 Å². The van der Waals surface area contributed by atoms with Crippen LogP contribution in [0, 0.1) is 0 Å². The van der Waals surface area contributed by atoms with Gasteiger partial charge in [0, 0.05) is 7.11 Å². The fourth-order valence-corrected chi connectivity index (χ4v) is 1.20. The van der Waals surface area contributed by atoms with E-state index in [0.717, 1.165) is 5.57 Å². The SMILES string of the molecule is C=C(C)COC(CC)C(OCOCCOC)=C(F)F. The predicted molar refractivity (Wildman–Crippen MR) is 67.9 cm³/mol.